The van der Waals surface area contributed by atoms with E-state index in [9.17, 15) is 4.79 Å². The number of amides is 1. The second-order valence-corrected chi connectivity index (χ2v) is 5.73. The molecule has 3 aromatic rings. The lowest BCUT2D eigenvalue weighted by Crippen LogP contribution is -2.15. The molecule has 1 amide bonds. The highest BCUT2D eigenvalue weighted by Gasteiger charge is 2.10. The van der Waals surface area contributed by atoms with E-state index in [1.807, 2.05) is 37.6 Å². The molecule has 0 aliphatic heterocycles. The van der Waals surface area contributed by atoms with E-state index in [0.29, 0.717) is 11.6 Å². The van der Waals surface area contributed by atoms with E-state index in [1.54, 1.807) is 36.7 Å². The zero-order valence-corrected chi connectivity index (χ0v) is 14.3. The molecule has 3 heterocycles. The number of anilines is 1. The van der Waals surface area contributed by atoms with Crippen LogP contribution in [0, 0.1) is 6.92 Å². The number of ether oxygens (including phenoxy) is 1. The Kier molecular flexibility index (Phi) is 4.74. The molecule has 0 atom stereocenters. The van der Waals surface area contributed by atoms with E-state index in [4.69, 9.17) is 4.74 Å². The fourth-order valence-corrected chi connectivity index (χ4v) is 2.27. The van der Waals surface area contributed by atoms with Crippen molar-refractivity contribution in [2.45, 2.75) is 26.9 Å². The topological polar surface area (TPSA) is 81.9 Å². The molecular formula is C18H19N5O2. The first-order chi connectivity index (χ1) is 12.0. The normalized spacial score (nSPS) is 10.7. The first-order valence-corrected chi connectivity index (χ1v) is 7.94. The Labute approximate surface area is 145 Å². The van der Waals surface area contributed by atoms with Crippen molar-refractivity contribution in [2.24, 2.45) is 0 Å². The fourth-order valence-electron chi connectivity index (χ4n) is 2.27. The van der Waals surface area contributed by atoms with Gasteiger partial charge in [0.05, 0.1) is 18.0 Å². The Morgan fingerprint density at radius 1 is 1.20 bits per heavy atom. The number of hydrogen-bond acceptors (Lipinski definition) is 5. The average Bonchev–Trinajstić information content (AvgIpc) is 3.01. The predicted molar refractivity (Wildman–Crippen MR) is 94.1 cm³/mol. The molecule has 0 unspecified atom stereocenters. The van der Waals surface area contributed by atoms with Crippen LogP contribution in [0.5, 0.6) is 5.88 Å². The van der Waals surface area contributed by atoms with Crippen LogP contribution in [0.1, 0.15) is 30.2 Å². The minimum atomic E-state index is -0.317. The minimum absolute atomic E-state index is 0.00538. The van der Waals surface area contributed by atoms with Gasteiger partial charge in [0.15, 0.2) is 0 Å². The van der Waals surface area contributed by atoms with Gasteiger partial charge >= 0.3 is 0 Å². The van der Waals surface area contributed by atoms with Gasteiger partial charge in [-0.2, -0.15) is 0 Å². The Balaban J connectivity index is 1.72. The van der Waals surface area contributed by atoms with Gasteiger partial charge in [0.25, 0.3) is 5.91 Å². The van der Waals surface area contributed by atoms with Crippen LogP contribution < -0.4 is 10.1 Å². The van der Waals surface area contributed by atoms with Crippen LogP contribution in [-0.2, 0) is 0 Å². The number of nitrogens with zero attached hydrogens (tertiary/aromatic N) is 4. The third-order valence-electron chi connectivity index (χ3n) is 3.39. The van der Waals surface area contributed by atoms with Crippen molar-refractivity contribution < 1.29 is 9.53 Å². The molecule has 3 aromatic heterocycles. The Hall–Kier alpha value is -3.22. The average molecular weight is 337 g/mol. The molecule has 0 saturated heterocycles. The van der Waals surface area contributed by atoms with Crippen molar-refractivity contribution in [3.63, 3.8) is 0 Å². The Morgan fingerprint density at radius 3 is 2.68 bits per heavy atom. The molecule has 7 heteroatoms. The van der Waals surface area contributed by atoms with Gasteiger partial charge in [0.2, 0.25) is 5.88 Å². The molecule has 0 saturated carbocycles. The SMILES string of the molecule is Cc1nccn1-c1ccc(NC(=O)c2cccc(OC(C)C)n2)cn1. The summed E-state index contributed by atoms with van der Waals surface area (Å²) < 4.78 is 7.37. The Morgan fingerprint density at radius 2 is 2.04 bits per heavy atom. The zero-order chi connectivity index (χ0) is 17.8. The molecule has 0 aliphatic carbocycles. The number of imidazole rings is 1. The molecule has 3 rings (SSSR count). The summed E-state index contributed by atoms with van der Waals surface area (Å²) in [5.41, 5.74) is 0.871. The quantitative estimate of drug-likeness (QED) is 0.774. The number of carbonyl (C=O) groups excluding carboxylic acids is 1. The van der Waals surface area contributed by atoms with Gasteiger partial charge in [-0.15, -0.1) is 0 Å². The van der Waals surface area contributed by atoms with Crippen molar-refractivity contribution >= 4 is 11.6 Å². The molecule has 0 radical (unpaired) electrons. The van der Waals surface area contributed by atoms with E-state index < -0.39 is 0 Å². The van der Waals surface area contributed by atoms with Crippen LogP contribution in [0.4, 0.5) is 5.69 Å². The summed E-state index contributed by atoms with van der Waals surface area (Å²) >= 11 is 0. The predicted octanol–water partition coefficient (Wildman–Crippen LogP) is 3.01. The van der Waals surface area contributed by atoms with Gasteiger partial charge in [-0.25, -0.2) is 15.0 Å². The first kappa shape index (κ1) is 16.6. The summed E-state index contributed by atoms with van der Waals surface area (Å²) in [5, 5.41) is 2.78. The number of aromatic nitrogens is 4. The molecule has 7 nitrogen and oxygen atoms in total. The molecule has 0 aliphatic rings. The van der Waals surface area contributed by atoms with Crippen LogP contribution in [0.3, 0.4) is 0 Å². The van der Waals surface area contributed by atoms with Gasteiger partial charge in [0, 0.05) is 18.5 Å². The van der Waals surface area contributed by atoms with Crippen LogP contribution >= 0.6 is 0 Å². The third kappa shape index (κ3) is 4.00. The van der Waals surface area contributed by atoms with E-state index in [0.717, 1.165) is 11.6 Å². The number of pyridine rings is 2. The van der Waals surface area contributed by atoms with Gasteiger partial charge in [-0.1, -0.05) is 6.07 Å². The summed E-state index contributed by atoms with van der Waals surface area (Å²) in [5.74, 6) is 1.68. The van der Waals surface area contributed by atoms with E-state index in [2.05, 4.69) is 20.3 Å². The highest BCUT2D eigenvalue weighted by Crippen LogP contribution is 2.14. The lowest BCUT2D eigenvalue weighted by molar-refractivity contribution is 0.102. The maximum absolute atomic E-state index is 12.3. The molecule has 128 valence electrons. The zero-order valence-electron chi connectivity index (χ0n) is 14.3. The van der Waals surface area contributed by atoms with Crippen molar-refractivity contribution in [1.29, 1.82) is 0 Å². The summed E-state index contributed by atoms with van der Waals surface area (Å²) in [6.07, 6.45) is 5.14. The smallest absolute Gasteiger partial charge is 0.274 e. The summed E-state index contributed by atoms with van der Waals surface area (Å²) in [4.78, 5) is 25.1. The van der Waals surface area contributed by atoms with Crippen molar-refractivity contribution in [2.75, 3.05) is 5.32 Å². The summed E-state index contributed by atoms with van der Waals surface area (Å²) in [7, 11) is 0. The van der Waals surface area contributed by atoms with E-state index in [1.165, 1.54) is 0 Å². The summed E-state index contributed by atoms with van der Waals surface area (Å²) in [6.45, 7) is 5.71. The highest BCUT2D eigenvalue weighted by molar-refractivity contribution is 6.02. The lowest BCUT2D eigenvalue weighted by Gasteiger charge is -2.10. The maximum atomic E-state index is 12.3. The van der Waals surface area contributed by atoms with E-state index >= 15 is 0 Å². The van der Waals surface area contributed by atoms with Crippen LogP contribution in [0.15, 0.2) is 48.9 Å². The van der Waals surface area contributed by atoms with E-state index in [-0.39, 0.29) is 17.7 Å². The molecule has 0 fully saturated rings. The number of carbonyl (C=O) groups is 1. The Bertz CT molecular complexity index is 871. The van der Waals surface area contributed by atoms with Crippen molar-refractivity contribution in [3.05, 3.63) is 60.4 Å². The minimum Gasteiger partial charge on any atom is -0.475 e. The third-order valence-corrected chi connectivity index (χ3v) is 3.39. The monoisotopic (exact) mass is 337 g/mol. The van der Waals surface area contributed by atoms with Crippen molar-refractivity contribution in [3.8, 4) is 11.7 Å². The largest absolute Gasteiger partial charge is 0.475 e. The molecule has 1 N–H and O–H groups in total. The van der Waals surface area contributed by atoms with Gasteiger partial charge in [-0.3, -0.25) is 9.36 Å². The molecular weight excluding hydrogens is 318 g/mol. The maximum Gasteiger partial charge on any atom is 0.274 e. The fraction of sp³-hybridized carbons (Fsp3) is 0.222. The molecule has 25 heavy (non-hydrogen) atoms. The molecule has 0 aromatic carbocycles. The lowest BCUT2D eigenvalue weighted by atomic mass is 10.3. The standard InChI is InChI=1S/C18H19N5O2/c1-12(2)25-17-6-4-5-15(22-17)18(24)21-14-7-8-16(20-11-14)23-10-9-19-13(23)3/h4-12H,1-3H3,(H,21,24). The highest BCUT2D eigenvalue weighted by atomic mass is 16.5. The second kappa shape index (κ2) is 7.12. The number of rotatable bonds is 5. The van der Waals surface area contributed by atoms with Gasteiger partial charge in [-0.05, 0) is 39.0 Å². The van der Waals surface area contributed by atoms with Crippen LogP contribution in [0.25, 0.3) is 5.82 Å². The first-order valence-electron chi connectivity index (χ1n) is 7.94. The molecule has 0 spiro atoms. The van der Waals surface area contributed by atoms with Gasteiger partial charge < -0.3 is 10.1 Å². The second-order valence-electron chi connectivity index (χ2n) is 5.73. The number of aryl methyl sites for hydroxylation is 1. The van der Waals surface area contributed by atoms with Crippen LogP contribution in [-0.4, -0.2) is 31.5 Å². The van der Waals surface area contributed by atoms with Crippen LogP contribution in [0.2, 0.25) is 0 Å². The van der Waals surface area contributed by atoms with Crippen molar-refractivity contribution in [1.82, 2.24) is 19.5 Å². The number of nitrogens with one attached hydrogen (secondary N) is 1. The number of hydrogen-bond donors (Lipinski definition) is 1. The molecule has 0 bridgehead atoms. The van der Waals surface area contributed by atoms with Gasteiger partial charge in [0.1, 0.15) is 17.3 Å². The summed E-state index contributed by atoms with van der Waals surface area (Å²) in [6, 6.07) is 8.70.